The summed E-state index contributed by atoms with van der Waals surface area (Å²) in [6.45, 7) is 0. The third-order valence-electron chi connectivity index (χ3n) is 1.65. The molecule has 5 heteroatoms. The van der Waals surface area contributed by atoms with Crippen molar-refractivity contribution in [1.29, 1.82) is 0 Å². The molecule has 0 saturated carbocycles. The Kier molecular flexibility index (Phi) is 4.12. The predicted octanol–water partition coefficient (Wildman–Crippen LogP) is 1.48. The van der Waals surface area contributed by atoms with Crippen LogP contribution in [-0.2, 0) is 0 Å². The highest BCUT2D eigenvalue weighted by atomic mass is 79.9. The molecular formula is C8H9BrClNO2. The lowest BCUT2D eigenvalue weighted by molar-refractivity contribution is 0.0322. The maximum atomic E-state index is 9.58. The molecule has 1 rings (SSSR count). The van der Waals surface area contributed by atoms with E-state index >= 15 is 0 Å². The monoisotopic (exact) mass is 265 g/mol. The summed E-state index contributed by atoms with van der Waals surface area (Å²) >= 11 is 8.63. The molecule has 2 atom stereocenters. The first-order chi connectivity index (χ1) is 6.16. The molecule has 0 bridgehead atoms. The third kappa shape index (κ3) is 2.64. The number of aliphatic hydroxyl groups is 2. The van der Waals surface area contributed by atoms with Crippen molar-refractivity contribution in [2.45, 2.75) is 12.2 Å². The highest BCUT2D eigenvalue weighted by molar-refractivity contribution is 9.10. The Morgan fingerprint density at radius 1 is 1.54 bits per heavy atom. The zero-order valence-corrected chi connectivity index (χ0v) is 9.03. The molecule has 1 aromatic heterocycles. The minimum Gasteiger partial charge on any atom is -0.389 e. The standard InChI is InChI=1S/C8H9BrClNO2/c9-6-4-11-2-1-5(6)8(13)7(12)3-10/h1-2,4,7-8,12-13H,3H2. The molecule has 0 fully saturated rings. The number of alkyl halides is 1. The Hall–Kier alpha value is -0.160. The van der Waals surface area contributed by atoms with Gasteiger partial charge in [0, 0.05) is 22.4 Å². The van der Waals surface area contributed by atoms with Crippen LogP contribution in [0, 0.1) is 0 Å². The van der Waals surface area contributed by atoms with Crippen LogP contribution in [0.25, 0.3) is 0 Å². The fourth-order valence-electron chi connectivity index (χ4n) is 0.917. The Morgan fingerprint density at radius 3 is 2.77 bits per heavy atom. The van der Waals surface area contributed by atoms with Gasteiger partial charge in [0.1, 0.15) is 6.10 Å². The third-order valence-corrected chi connectivity index (χ3v) is 2.62. The number of hydrogen-bond donors (Lipinski definition) is 2. The second kappa shape index (κ2) is 4.91. The number of aliphatic hydroxyl groups excluding tert-OH is 2. The molecule has 13 heavy (non-hydrogen) atoms. The Morgan fingerprint density at radius 2 is 2.23 bits per heavy atom. The van der Waals surface area contributed by atoms with Crippen molar-refractivity contribution in [3.05, 3.63) is 28.5 Å². The van der Waals surface area contributed by atoms with E-state index in [1.165, 1.54) is 0 Å². The van der Waals surface area contributed by atoms with Crippen LogP contribution < -0.4 is 0 Å². The van der Waals surface area contributed by atoms with Gasteiger partial charge in [-0.2, -0.15) is 0 Å². The first-order valence-electron chi connectivity index (χ1n) is 3.68. The number of hydrogen-bond acceptors (Lipinski definition) is 3. The molecule has 0 aliphatic carbocycles. The molecule has 1 heterocycles. The van der Waals surface area contributed by atoms with Crippen LogP contribution in [0.2, 0.25) is 0 Å². The SMILES string of the molecule is OC(CCl)C(O)c1ccncc1Br. The van der Waals surface area contributed by atoms with Gasteiger partial charge >= 0.3 is 0 Å². The smallest absolute Gasteiger partial charge is 0.107 e. The molecule has 0 spiro atoms. The molecule has 0 aliphatic heterocycles. The van der Waals surface area contributed by atoms with Crippen LogP contribution in [0.4, 0.5) is 0 Å². The van der Waals surface area contributed by atoms with E-state index in [1.807, 2.05) is 0 Å². The second-order valence-corrected chi connectivity index (χ2v) is 3.73. The van der Waals surface area contributed by atoms with E-state index in [0.717, 1.165) is 0 Å². The van der Waals surface area contributed by atoms with Crippen LogP contribution in [0.5, 0.6) is 0 Å². The largest absolute Gasteiger partial charge is 0.389 e. The van der Waals surface area contributed by atoms with E-state index in [0.29, 0.717) is 10.0 Å². The molecule has 3 nitrogen and oxygen atoms in total. The number of aromatic nitrogens is 1. The molecule has 0 radical (unpaired) electrons. The number of nitrogens with zero attached hydrogens (tertiary/aromatic N) is 1. The zero-order chi connectivity index (χ0) is 9.84. The summed E-state index contributed by atoms with van der Waals surface area (Å²) in [4.78, 5) is 3.84. The fraction of sp³-hybridized carbons (Fsp3) is 0.375. The highest BCUT2D eigenvalue weighted by Gasteiger charge is 2.19. The zero-order valence-electron chi connectivity index (χ0n) is 6.69. The van der Waals surface area contributed by atoms with Gasteiger partial charge in [0.2, 0.25) is 0 Å². The second-order valence-electron chi connectivity index (χ2n) is 2.56. The van der Waals surface area contributed by atoms with E-state index in [1.54, 1.807) is 18.5 Å². The van der Waals surface area contributed by atoms with E-state index in [4.69, 9.17) is 11.6 Å². The normalized spacial score (nSPS) is 15.4. The lowest BCUT2D eigenvalue weighted by Crippen LogP contribution is -2.20. The molecule has 2 unspecified atom stereocenters. The van der Waals surface area contributed by atoms with Crippen LogP contribution in [-0.4, -0.2) is 27.2 Å². The average Bonchev–Trinajstić information content (AvgIpc) is 2.16. The molecule has 2 N–H and O–H groups in total. The maximum absolute atomic E-state index is 9.58. The molecule has 1 aromatic rings. The van der Waals surface area contributed by atoms with Gasteiger partial charge in [0.15, 0.2) is 0 Å². The summed E-state index contributed by atoms with van der Waals surface area (Å²) in [5.74, 6) is -0.00404. The molecular weight excluding hydrogens is 257 g/mol. The summed E-state index contributed by atoms with van der Waals surface area (Å²) < 4.78 is 0.659. The van der Waals surface area contributed by atoms with E-state index < -0.39 is 12.2 Å². The fourth-order valence-corrected chi connectivity index (χ4v) is 1.57. The minimum atomic E-state index is -0.977. The number of halogens is 2. The van der Waals surface area contributed by atoms with Gasteiger partial charge in [-0.1, -0.05) is 0 Å². The first-order valence-corrected chi connectivity index (χ1v) is 5.01. The first kappa shape index (κ1) is 10.9. The van der Waals surface area contributed by atoms with E-state index in [9.17, 15) is 10.2 Å². The quantitative estimate of drug-likeness (QED) is 0.815. The van der Waals surface area contributed by atoms with E-state index in [-0.39, 0.29) is 5.88 Å². The van der Waals surface area contributed by atoms with Gasteiger partial charge < -0.3 is 10.2 Å². The molecule has 72 valence electrons. The number of rotatable bonds is 3. The van der Waals surface area contributed by atoms with Crippen LogP contribution in [0.3, 0.4) is 0 Å². The van der Waals surface area contributed by atoms with Crippen molar-refractivity contribution in [2.75, 3.05) is 5.88 Å². The summed E-state index contributed by atoms with van der Waals surface area (Å²) in [5, 5.41) is 18.9. The van der Waals surface area contributed by atoms with E-state index in [2.05, 4.69) is 20.9 Å². The Bertz CT molecular complexity index is 285. The lowest BCUT2D eigenvalue weighted by Gasteiger charge is -2.16. The van der Waals surface area contributed by atoms with Crippen LogP contribution in [0.1, 0.15) is 11.7 Å². The van der Waals surface area contributed by atoms with Crippen molar-refractivity contribution in [2.24, 2.45) is 0 Å². The lowest BCUT2D eigenvalue weighted by atomic mass is 10.1. The summed E-state index contributed by atoms with van der Waals surface area (Å²) in [7, 11) is 0. The highest BCUT2D eigenvalue weighted by Crippen LogP contribution is 2.24. The molecule has 0 aromatic carbocycles. The van der Waals surface area contributed by atoms with Crippen molar-refractivity contribution in [3.8, 4) is 0 Å². The summed E-state index contributed by atoms with van der Waals surface area (Å²) in [5.41, 5.74) is 0.586. The summed E-state index contributed by atoms with van der Waals surface area (Å²) in [6, 6.07) is 1.63. The van der Waals surface area contributed by atoms with Gasteiger partial charge in [0.25, 0.3) is 0 Å². The maximum Gasteiger partial charge on any atom is 0.107 e. The van der Waals surface area contributed by atoms with Crippen molar-refractivity contribution in [3.63, 3.8) is 0 Å². The van der Waals surface area contributed by atoms with Crippen molar-refractivity contribution >= 4 is 27.5 Å². The predicted molar refractivity (Wildman–Crippen MR) is 53.6 cm³/mol. The van der Waals surface area contributed by atoms with Gasteiger partial charge in [-0.25, -0.2) is 0 Å². The minimum absolute atomic E-state index is 0.00404. The summed E-state index contributed by atoms with van der Waals surface area (Å²) in [6.07, 6.45) is 1.17. The Labute approximate surface area is 89.5 Å². The topological polar surface area (TPSA) is 53.4 Å². The van der Waals surface area contributed by atoms with Crippen molar-refractivity contribution in [1.82, 2.24) is 4.98 Å². The average molecular weight is 267 g/mol. The van der Waals surface area contributed by atoms with Crippen molar-refractivity contribution < 1.29 is 10.2 Å². The van der Waals surface area contributed by atoms with Crippen LogP contribution >= 0.6 is 27.5 Å². The molecule has 0 amide bonds. The van der Waals surface area contributed by atoms with Gasteiger partial charge in [0.05, 0.1) is 12.0 Å². The van der Waals surface area contributed by atoms with Gasteiger partial charge in [-0.05, 0) is 22.0 Å². The molecule has 0 saturated heterocycles. The van der Waals surface area contributed by atoms with Crippen LogP contribution in [0.15, 0.2) is 22.9 Å². The Balaban J connectivity index is 2.88. The molecule has 0 aliphatic rings. The number of pyridine rings is 1. The van der Waals surface area contributed by atoms with Gasteiger partial charge in [-0.15, -0.1) is 11.6 Å². The van der Waals surface area contributed by atoms with Gasteiger partial charge in [-0.3, -0.25) is 4.98 Å².